The van der Waals surface area contributed by atoms with E-state index in [9.17, 15) is 8.42 Å². The van der Waals surface area contributed by atoms with Gasteiger partial charge in [0, 0.05) is 19.1 Å². The zero-order valence-electron chi connectivity index (χ0n) is 12.2. The SMILES string of the molecule is CCNS(=O)(=O)CCNC(C)c1ccc(C)cc1C. The highest BCUT2D eigenvalue weighted by Gasteiger charge is 2.11. The van der Waals surface area contributed by atoms with E-state index in [1.165, 1.54) is 16.7 Å². The molecule has 4 nitrogen and oxygen atoms in total. The summed E-state index contributed by atoms with van der Waals surface area (Å²) in [6.07, 6.45) is 0. The molecule has 0 heterocycles. The van der Waals surface area contributed by atoms with E-state index in [1.54, 1.807) is 6.92 Å². The van der Waals surface area contributed by atoms with Gasteiger partial charge < -0.3 is 5.32 Å². The first-order valence-electron chi connectivity index (χ1n) is 6.63. The lowest BCUT2D eigenvalue weighted by Gasteiger charge is -2.17. The van der Waals surface area contributed by atoms with Gasteiger partial charge in [0.25, 0.3) is 0 Å². The van der Waals surface area contributed by atoms with Crippen molar-refractivity contribution in [3.63, 3.8) is 0 Å². The first kappa shape index (κ1) is 16.1. The van der Waals surface area contributed by atoms with Crippen LogP contribution < -0.4 is 10.0 Å². The molecule has 19 heavy (non-hydrogen) atoms. The lowest BCUT2D eigenvalue weighted by Crippen LogP contribution is -2.32. The summed E-state index contributed by atoms with van der Waals surface area (Å²) in [5.41, 5.74) is 3.68. The second kappa shape index (κ2) is 7.03. The molecule has 2 N–H and O–H groups in total. The Labute approximate surface area is 116 Å². The molecule has 0 spiro atoms. The molecule has 1 rings (SSSR count). The minimum absolute atomic E-state index is 0.107. The minimum atomic E-state index is -3.14. The van der Waals surface area contributed by atoms with Gasteiger partial charge in [-0.3, -0.25) is 0 Å². The summed E-state index contributed by atoms with van der Waals surface area (Å²) >= 11 is 0. The van der Waals surface area contributed by atoms with Gasteiger partial charge in [0.1, 0.15) is 0 Å². The van der Waals surface area contributed by atoms with Crippen LogP contribution in [0.1, 0.15) is 36.6 Å². The molecule has 0 aliphatic carbocycles. The summed E-state index contributed by atoms with van der Waals surface area (Å²) in [6.45, 7) is 8.87. The molecule has 0 saturated heterocycles. The number of rotatable bonds is 7. The number of sulfonamides is 1. The third kappa shape index (κ3) is 5.30. The van der Waals surface area contributed by atoms with E-state index >= 15 is 0 Å². The lowest BCUT2D eigenvalue weighted by atomic mass is 10.0. The number of aryl methyl sites for hydroxylation is 2. The Morgan fingerprint density at radius 2 is 1.95 bits per heavy atom. The first-order chi connectivity index (χ1) is 8.85. The number of benzene rings is 1. The summed E-state index contributed by atoms with van der Waals surface area (Å²) in [5, 5.41) is 3.25. The topological polar surface area (TPSA) is 58.2 Å². The quantitative estimate of drug-likeness (QED) is 0.804. The Bertz CT molecular complexity index is 512. The maximum Gasteiger partial charge on any atom is 0.212 e. The van der Waals surface area contributed by atoms with Crippen molar-refractivity contribution in [3.8, 4) is 0 Å². The van der Waals surface area contributed by atoms with E-state index in [2.05, 4.69) is 49.0 Å². The van der Waals surface area contributed by atoms with Gasteiger partial charge in [0.15, 0.2) is 0 Å². The Morgan fingerprint density at radius 1 is 1.26 bits per heavy atom. The van der Waals surface area contributed by atoms with Crippen LogP contribution in [0.2, 0.25) is 0 Å². The molecule has 1 aromatic rings. The maximum atomic E-state index is 11.5. The summed E-state index contributed by atoms with van der Waals surface area (Å²) in [5.74, 6) is 0.107. The van der Waals surface area contributed by atoms with Gasteiger partial charge in [-0.15, -0.1) is 0 Å². The van der Waals surface area contributed by atoms with Crippen LogP contribution in [0, 0.1) is 13.8 Å². The molecule has 0 radical (unpaired) electrons. The van der Waals surface area contributed by atoms with Crippen molar-refractivity contribution in [2.45, 2.75) is 33.7 Å². The number of nitrogens with one attached hydrogen (secondary N) is 2. The average molecular weight is 284 g/mol. The molecule has 0 aliphatic heterocycles. The van der Waals surface area contributed by atoms with Gasteiger partial charge >= 0.3 is 0 Å². The van der Waals surface area contributed by atoms with Gasteiger partial charge in [0.2, 0.25) is 10.0 Å². The van der Waals surface area contributed by atoms with E-state index in [0.717, 1.165) is 0 Å². The Balaban J connectivity index is 2.54. The molecule has 0 bridgehead atoms. The van der Waals surface area contributed by atoms with Crippen molar-refractivity contribution in [1.82, 2.24) is 10.0 Å². The highest BCUT2D eigenvalue weighted by Crippen LogP contribution is 2.18. The predicted molar refractivity (Wildman–Crippen MR) is 79.8 cm³/mol. The van der Waals surface area contributed by atoms with Crippen LogP contribution in [0.3, 0.4) is 0 Å². The Hall–Kier alpha value is -0.910. The van der Waals surface area contributed by atoms with Crippen LogP contribution in [0.15, 0.2) is 18.2 Å². The van der Waals surface area contributed by atoms with Crippen LogP contribution >= 0.6 is 0 Å². The summed E-state index contributed by atoms with van der Waals surface area (Å²) in [6, 6.07) is 6.47. The molecular weight excluding hydrogens is 260 g/mol. The fourth-order valence-corrected chi connectivity index (χ4v) is 3.09. The van der Waals surface area contributed by atoms with Crippen LogP contribution in [-0.2, 0) is 10.0 Å². The fourth-order valence-electron chi connectivity index (χ4n) is 2.12. The first-order valence-corrected chi connectivity index (χ1v) is 8.29. The van der Waals surface area contributed by atoms with Crippen molar-refractivity contribution in [2.75, 3.05) is 18.8 Å². The normalized spacial score (nSPS) is 13.5. The summed E-state index contributed by atoms with van der Waals surface area (Å²) in [4.78, 5) is 0. The molecule has 0 amide bonds. The molecule has 0 fully saturated rings. The lowest BCUT2D eigenvalue weighted by molar-refractivity contribution is 0.563. The maximum absolute atomic E-state index is 11.5. The van der Waals surface area contributed by atoms with Crippen LogP contribution in [0.25, 0.3) is 0 Å². The van der Waals surface area contributed by atoms with E-state index in [0.29, 0.717) is 13.1 Å². The molecule has 1 atom stereocenters. The molecule has 0 aromatic heterocycles. The van der Waals surface area contributed by atoms with Crippen LogP contribution in [-0.4, -0.2) is 27.3 Å². The Morgan fingerprint density at radius 3 is 2.53 bits per heavy atom. The molecule has 108 valence electrons. The zero-order chi connectivity index (χ0) is 14.5. The molecule has 1 unspecified atom stereocenters. The third-order valence-corrected chi connectivity index (χ3v) is 4.55. The smallest absolute Gasteiger partial charge is 0.212 e. The standard InChI is InChI=1S/C14H24N2O2S/c1-5-16-19(17,18)9-8-15-13(4)14-7-6-11(2)10-12(14)3/h6-7,10,13,15-16H,5,8-9H2,1-4H3. The summed E-state index contributed by atoms with van der Waals surface area (Å²) in [7, 11) is -3.14. The van der Waals surface area contributed by atoms with E-state index in [-0.39, 0.29) is 11.8 Å². The van der Waals surface area contributed by atoms with Crippen LogP contribution in [0.4, 0.5) is 0 Å². The number of hydrogen-bond acceptors (Lipinski definition) is 3. The monoisotopic (exact) mass is 284 g/mol. The Kier molecular flexibility index (Phi) is 5.97. The van der Waals surface area contributed by atoms with Crippen molar-refractivity contribution < 1.29 is 8.42 Å². The van der Waals surface area contributed by atoms with Gasteiger partial charge in [0.05, 0.1) is 5.75 Å². The largest absolute Gasteiger partial charge is 0.309 e. The summed E-state index contributed by atoms with van der Waals surface area (Å²) < 4.78 is 25.5. The van der Waals surface area contributed by atoms with Gasteiger partial charge in [-0.2, -0.15) is 0 Å². The number of hydrogen-bond donors (Lipinski definition) is 2. The fraction of sp³-hybridized carbons (Fsp3) is 0.571. The van der Waals surface area contributed by atoms with Crippen molar-refractivity contribution >= 4 is 10.0 Å². The molecule has 0 saturated carbocycles. The van der Waals surface area contributed by atoms with Crippen molar-refractivity contribution in [1.29, 1.82) is 0 Å². The van der Waals surface area contributed by atoms with Crippen LogP contribution in [0.5, 0.6) is 0 Å². The zero-order valence-corrected chi connectivity index (χ0v) is 13.0. The predicted octanol–water partition coefficient (Wildman–Crippen LogP) is 1.89. The molecule has 1 aromatic carbocycles. The average Bonchev–Trinajstić information content (AvgIpc) is 2.28. The van der Waals surface area contributed by atoms with E-state index in [4.69, 9.17) is 0 Å². The van der Waals surface area contributed by atoms with Crippen molar-refractivity contribution in [3.05, 3.63) is 34.9 Å². The second-order valence-corrected chi connectivity index (χ2v) is 6.78. The van der Waals surface area contributed by atoms with Gasteiger partial charge in [-0.05, 0) is 31.9 Å². The molecular formula is C14H24N2O2S. The van der Waals surface area contributed by atoms with Gasteiger partial charge in [-0.1, -0.05) is 30.7 Å². The van der Waals surface area contributed by atoms with Gasteiger partial charge in [-0.25, -0.2) is 13.1 Å². The second-order valence-electron chi connectivity index (χ2n) is 4.85. The molecule has 0 aliphatic rings. The third-order valence-electron chi connectivity index (χ3n) is 3.08. The van der Waals surface area contributed by atoms with Crippen molar-refractivity contribution in [2.24, 2.45) is 0 Å². The van der Waals surface area contributed by atoms with E-state index in [1.807, 2.05) is 0 Å². The minimum Gasteiger partial charge on any atom is -0.309 e. The van der Waals surface area contributed by atoms with E-state index < -0.39 is 10.0 Å². The molecule has 5 heteroatoms. The highest BCUT2D eigenvalue weighted by molar-refractivity contribution is 7.89. The highest BCUT2D eigenvalue weighted by atomic mass is 32.2.